The quantitative estimate of drug-likeness (QED) is 0.804. The van der Waals surface area contributed by atoms with Crippen LogP contribution in [-0.4, -0.2) is 11.9 Å². The van der Waals surface area contributed by atoms with Gasteiger partial charge in [0, 0.05) is 11.6 Å². The maximum Gasteiger partial charge on any atom is 0.251 e. The summed E-state index contributed by atoms with van der Waals surface area (Å²) in [6.07, 6.45) is 2.55. The molecular weight excluding hydrogens is 186 g/mol. The summed E-state index contributed by atoms with van der Waals surface area (Å²) in [5, 5.41) is 2.91. The summed E-state index contributed by atoms with van der Waals surface area (Å²) < 4.78 is 0. The predicted octanol–water partition coefficient (Wildman–Crippen LogP) is 2.70. The predicted molar refractivity (Wildman–Crippen MR) is 61.0 cm³/mol. The van der Waals surface area contributed by atoms with Crippen LogP contribution in [0.2, 0.25) is 0 Å². The lowest BCUT2D eigenvalue weighted by Gasteiger charge is -2.09. The zero-order valence-corrected chi connectivity index (χ0v) is 9.29. The molecule has 0 aliphatic heterocycles. The lowest BCUT2D eigenvalue weighted by molar-refractivity contribution is 0.0943. The fraction of sp³-hybridized carbons (Fsp3) is 0.462. The molecule has 1 N–H and O–H groups in total. The third kappa shape index (κ3) is 2.58. The molecule has 0 aromatic heterocycles. The maximum absolute atomic E-state index is 11.7. The van der Waals surface area contributed by atoms with Crippen LogP contribution >= 0.6 is 0 Å². The highest BCUT2D eigenvalue weighted by atomic mass is 16.1. The van der Waals surface area contributed by atoms with E-state index in [9.17, 15) is 4.79 Å². The van der Waals surface area contributed by atoms with Crippen molar-refractivity contribution < 1.29 is 4.79 Å². The Balaban J connectivity index is 2.13. The molecule has 1 fully saturated rings. The summed E-state index contributed by atoms with van der Waals surface area (Å²) in [5.41, 5.74) is 2.10. The van der Waals surface area contributed by atoms with Crippen LogP contribution in [0.1, 0.15) is 48.5 Å². The van der Waals surface area contributed by atoms with E-state index in [0.717, 1.165) is 5.56 Å². The first kappa shape index (κ1) is 10.2. The van der Waals surface area contributed by atoms with Gasteiger partial charge in [-0.3, -0.25) is 4.79 Å². The SMILES string of the molecule is CC(C)NC(=O)c1cccc(C2CC2)c1. The summed E-state index contributed by atoms with van der Waals surface area (Å²) >= 11 is 0. The minimum Gasteiger partial charge on any atom is -0.350 e. The Hall–Kier alpha value is -1.31. The summed E-state index contributed by atoms with van der Waals surface area (Å²) in [5.74, 6) is 0.740. The monoisotopic (exact) mass is 203 g/mol. The van der Waals surface area contributed by atoms with Gasteiger partial charge in [-0.15, -0.1) is 0 Å². The maximum atomic E-state index is 11.7. The smallest absolute Gasteiger partial charge is 0.251 e. The number of nitrogens with one attached hydrogen (secondary N) is 1. The number of amides is 1. The molecule has 15 heavy (non-hydrogen) atoms. The molecule has 1 aromatic rings. The number of hydrogen-bond acceptors (Lipinski definition) is 1. The van der Waals surface area contributed by atoms with Gasteiger partial charge in [0.15, 0.2) is 0 Å². The lowest BCUT2D eigenvalue weighted by atomic mass is 10.1. The second-order valence-electron chi connectivity index (χ2n) is 4.53. The first-order valence-corrected chi connectivity index (χ1v) is 5.57. The van der Waals surface area contributed by atoms with E-state index in [1.54, 1.807) is 0 Å². The Morgan fingerprint density at radius 1 is 1.40 bits per heavy atom. The number of benzene rings is 1. The van der Waals surface area contributed by atoms with Crippen LogP contribution in [0.5, 0.6) is 0 Å². The zero-order chi connectivity index (χ0) is 10.8. The molecule has 0 bridgehead atoms. The molecule has 1 aliphatic carbocycles. The highest BCUT2D eigenvalue weighted by molar-refractivity contribution is 5.94. The van der Waals surface area contributed by atoms with Gasteiger partial charge >= 0.3 is 0 Å². The molecule has 0 radical (unpaired) electrons. The van der Waals surface area contributed by atoms with Crippen LogP contribution in [-0.2, 0) is 0 Å². The molecule has 0 atom stereocenters. The molecule has 0 spiro atoms. The first-order chi connectivity index (χ1) is 7.16. The van der Waals surface area contributed by atoms with E-state index in [4.69, 9.17) is 0 Å². The van der Waals surface area contributed by atoms with E-state index in [-0.39, 0.29) is 11.9 Å². The largest absolute Gasteiger partial charge is 0.350 e. The average Bonchev–Trinajstić information content (AvgIpc) is 3.00. The molecule has 1 amide bonds. The Morgan fingerprint density at radius 3 is 2.73 bits per heavy atom. The van der Waals surface area contributed by atoms with Gasteiger partial charge in [-0.1, -0.05) is 12.1 Å². The van der Waals surface area contributed by atoms with Gasteiger partial charge in [0.2, 0.25) is 0 Å². The Kier molecular flexibility index (Phi) is 2.76. The second kappa shape index (κ2) is 4.05. The Morgan fingerprint density at radius 2 is 2.13 bits per heavy atom. The lowest BCUT2D eigenvalue weighted by Crippen LogP contribution is -2.30. The van der Waals surface area contributed by atoms with Crippen LogP contribution < -0.4 is 5.32 Å². The van der Waals surface area contributed by atoms with Crippen molar-refractivity contribution in [3.63, 3.8) is 0 Å². The summed E-state index contributed by atoms with van der Waals surface area (Å²) in [7, 11) is 0. The topological polar surface area (TPSA) is 29.1 Å². The van der Waals surface area contributed by atoms with E-state index in [1.165, 1.54) is 18.4 Å². The number of carbonyl (C=O) groups excluding carboxylic acids is 1. The molecule has 0 unspecified atom stereocenters. The number of carbonyl (C=O) groups is 1. The third-order valence-corrected chi connectivity index (χ3v) is 2.62. The van der Waals surface area contributed by atoms with Gasteiger partial charge in [0.25, 0.3) is 5.91 Å². The first-order valence-electron chi connectivity index (χ1n) is 5.57. The van der Waals surface area contributed by atoms with Crippen molar-refractivity contribution in [2.75, 3.05) is 0 Å². The standard InChI is InChI=1S/C13H17NO/c1-9(2)14-13(15)12-5-3-4-11(8-12)10-6-7-10/h3-5,8-10H,6-7H2,1-2H3,(H,14,15). The highest BCUT2D eigenvalue weighted by Gasteiger charge is 2.23. The van der Waals surface area contributed by atoms with Gasteiger partial charge in [0.05, 0.1) is 0 Å². The second-order valence-corrected chi connectivity index (χ2v) is 4.53. The summed E-state index contributed by atoms with van der Waals surface area (Å²) in [6.45, 7) is 3.95. The normalized spacial score (nSPS) is 15.4. The van der Waals surface area contributed by atoms with Crippen molar-refractivity contribution in [3.05, 3.63) is 35.4 Å². The average molecular weight is 203 g/mol. The van der Waals surface area contributed by atoms with Gasteiger partial charge in [0.1, 0.15) is 0 Å². The van der Waals surface area contributed by atoms with Crippen molar-refractivity contribution >= 4 is 5.91 Å². The molecular formula is C13H17NO. The molecule has 2 heteroatoms. The van der Waals surface area contributed by atoms with E-state index in [0.29, 0.717) is 5.92 Å². The van der Waals surface area contributed by atoms with E-state index < -0.39 is 0 Å². The van der Waals surface area contributed by atoms with Crippen molar-refractivity contribution in [2.24, 2.45) is 0 Å². The summed E-state index contributed by atoms with van der Waals surface area (Å²) in [4.78, 5) is 11.7. The van der Waals surface area contributed by atoms with E-state index in [2.05, 4.69) is 11.4 Å². The fourth-order valence-corrected chi connectivity index (χ4v) is 1.70. The molecule has 1 aliphatic rings. The molecule has 0 saturated heterocycles. The van der Waals surface area contributed by atoms with Crippen LogP contribution in [0.4, 0.5) is 0 Å². The van der Waals surface area contributed by atoms with Crippen LogP contribution in [0.3, 0.4) is 0 Å². The van der Waals surface area contributed by atoms with Crippen molar-refractivity contribution in [1.29, 1.82) is 0 Å². The molecule has 1 saturated carbocycles. The molecule has 80 valence electrons. The molecule has 2 rings (SSSR count). The zero-order valence-electron chi connectivity index (χ0n) is 9.29. The van der Waals surface area contributed by atoms with E-state index in [1.807, 2.05) is 32.0 Å². The highest BCUT2D eigenvalue weighted by Crippen LogP contribution is 2.40. The van der Waals surface area contributed by atoms with Gasteiger partial charge in [-0.05, 0) is 50.3 Å². The number of rotatable bonds is 3. The molecule has 0 heterocycles. The van der Waals surface area contributed by atoms with Crippen molar-refractivity contribution in [1.82, 2.24) is 5.32 Å². The summed E-state index contributed by atoms with van der Waals surface area (Å²) in [6, 6.07) is 8.19. The van der Waals surface area contributed by atoms with Crippen LogP contribution in [0, 0.1) is 0 Å². The van der Waals surface area contributed by atoms with Crippen molar-refractivity contribution in [2.45, 2.75) is 38.6 Å². The fourth-order valence-electron chi connectivity index (χ4n) is 1.70. The van der Waals surface area contributed by atoms with Gasteiger partial charge < -0.3 is 5.32 Å². The Bertz CT molecular complexity index is 367. The van der Waals surface area contributed by atoms with Crippen molar-refractivity contribution in [3.8, 4) is 0 Å². The van der Waals surface area contributed by atoms with E-state index >= 15 is 0 Å². The third-order valence-electron chi connectivity index (χ3n) is 2.62. The number of hydrogen-bond donors (Lipinski definition) is 1. The van der Waals surface area contributed by atoms with Gasteiger partial charge in [-0.2, -0.15) is 0 Å². The minimum atomic E-state index is 0.0347. The van der Waals surface area contributed by atoms with Crippen LogP contribution in [0.25, 0.3) is 0 Å². The molecule has 2 nitrogen and oxygen atoms in total. The van der Waals surface area contributed by atoms with Crippen LogP contribution in [0.15, 0.2) is 24.3 Å². The van der Waals surface area contributed by atoms with Gasteiger partial charge in [-0.25, -0.2) is 0 Å². The Labute approximate surface area is 90.7 Å². The molecule has 1 aromatic carbocycles. The minimum absolute atomic E-state index is 0.0347.